The molecular weight excluding hydrogens is 296 g/mol. The van der Waals surface area contributed by atoms with Crippen molar-refractivity contribution in [2.24, 2.45) is 0 Å². The number of aromatic nitrogens is 2. The molecule has 8 nitrogen and oxygen atoms in total. The van der Waals surface area contributed by atoms with E-state index in [0.29, 0.717) is 24.2 Å². The lowest BCUT2D eigenvalue weighted by atomic mass is 9.98. The lowest BCUT2D eigenvalue weighted by Gasteiger charge is -2.37. The number of nitrogens with two attached hydrogens (primary N) is 1. The quantitative estimate of drug-likeness (QED) is 0.735. The van der Waals surface area contributed by atoms with E-state index in [1.165, 1.54) is 0 Å². The van der Waals surface area contributed by atoms with Crippen LogP contribution in [0.15, 0.2) is 0 Å². The van der Waals surface area contributed by atoms with Crippen LogP contribution in [0.1, 0.15) is 20.3 Å². The molecule has 1 fully saturated rings. The van der Waals surface area contributed by atoms with Crippen molar-refractivity contribution in [2.45, 2.75) is 38.0 Å². The Morgan fingerprint density at radius 3 is 2.87 bits per heavy atom. The summed E-state index contributed by atoms with van der Waals surface area (Å²) in [4.78, 5) is 10.9. The molecule has 1 saturated heterocycles. The topological polar surface area (TPSA) is 97.6 Å². The van der Waals surface area contributed by atoms with E-state index in [9.17, 15) is 0 Å². The van der Waals surface area contributed by atoms with Crippen LogP contribution in [0.25, 0.3) is 0 Å². The van der Waals surface area contributed by atoms with E-state index in [4.69, 9.17) is 15.2 Å². The van der Waals surface area contributed by atoms with Gasteiger partial charge in [0.2, 0.25) is 11.7 Å². The Kier molecular flexibility index (Phi) is 4.20. The highest BCUT2D eigenvalue weighted by molar-refractivity contribution is 5.69. The van der Waals surface area contributed by atoms with E-state index in [0.717, 1.165) is 25.3 Å². The maximum atomic E-state index is 6.01. The van der Waals surface area contributed by atoms with Crippen molar-refractivity contribution in [3.05, 3.63) is 0 Å². The predicted molar refractivity (Wildman–Crippen MR) is 90.1 cm³/mol. The first-order valence-electron chi connectivity index (χ1n) is 7.99. The van der Waals surface area contributed by atoms with E-state index in [1.807, 2.05) is 20.9 Å². The van der Waals surface area contributed by atoms with Gasteiger partial charge in [-0.05, 0) is 27.3 Å². The Labute approximate surface area is 136 Å². The summed E-state index contributed by atoms with van der Waals surface area (Å²) in [5, 5.41) is 6.70. The first kappa shape index (κ1) is 16.1. The highest BCUT2D eigenvalue weighted by atomic mass is 16.5. The number of nitrogens with one attached hydrogen (secondary N) is 2. The van der Waals surface area contributed by atoms with Crippen molar-refractivity contribution in [2.75, 3.05) is 49.8 Å². The van der Waals surface area contributed by atoms with Crippen LogP contribution < -0.4 is 26.0 Å². The summed E-state index contributed by atoms with van der Waals surface area (Å²) < 4.78 is 11.6. The molecule has 0 aliphatic carbocycles. The third-order valence-electron chi connectivity index (χ3n) is 4.83. The molecule has 0 bridgehead atoms. The van der Waals surface area contributed by atoms with Crippen LogP contribution in [0, 0.1) is 0 Å². The highest BCUT2D eigenvalue weighted by Gasteiger charge is 2.36. The van der Waals surface area contributed by atoms with Gasteiger partial charge in [0.25, 0.3) is 0 Å². The molecule has 128 valence electrons. The average Bonchev–Trinajstić information content (AvgIpc) is 3.02. The highest BCUT2D eigenvalue weighted by Crippen LogP contribution is 2.39. The smallest absolute Gasteiger partial charge is 0.224 e. The number of hydrogen-bond acceptors (Lipinski definition) is 8. The minimum Gasteiger partial charge on any atom is -0.484 e. The number of nitrogens with zero attached hydrogens (tertiary/aromatic N) is 3. The van der Waals surface area contributed by atoms with Gasteiger partial charge < -0.3 is 30.7 Å². The van der Waals surface area contributed by atoms with Gasteiger partial charge in [-0.3, -0.25) is 0 Å². The second kappa shape index (κ2) is 6.01. The van der Waals surface area contributed by atoms with E-state index in [-0.39, 0.29) is 17.6 Å². The average molecular weight is 322 g/mol. The summed E-state index contributed by atoms with van der Waals surface area (Å²) in [5.41, 5.74) is 5.54. The zero-order chi connectivity index (χ0) is 16.6. The fourth-order valence-corrected chi connectivity index (χ4v) is 2.98. The zero-order valence-electron chi connectivity index (χ0n) is 14.2. The van der Waals surface area contributed by atoms with Gasteiger partial charge in [0.05, 0.1) is 11.6 Å². The standard InChI is InChI=1S/C15H26N6O2/c1-15(2,22-4)10-8-23-11-12(18-10)19-14(16)20-13(11)21-6-5-9(7-21)17-3/h9-10,17H,5-8H2,1-4H3,(H3,16,18,19,20)/t9-,10+/m1/s1. The van der Waals surface area contributed by atoms with Crippen LogP contribution in [0.2, 0.25) is 0 Å². The Morgan fingerprint density at radius 1 is 1.43 bits per heavy atom. The minimum absolute atomic E-state index is 0.00853. The molecule has 2 aliphatic heterocycles. The van der Waals surface area contributed by atoms with Gasteiger partial charge in [0, 0.05) is 26.2 Å². The number of ether oxygens (including phenoxy) is 2. The monoisotopic (exact) mass is 322 g/mol. The van der Waals surface area contributed by atoms with Gasteiger partial charge in [-0.15, -0.1) is 0 Å². The molecule has 0 amide bonds. The lowest BCUT2D eigenvalue weighted by molar-refractivity contribution is -0.00741. The van der Waals surface area contributed by atoms with Gasteiger partial charge >= 0.3 is 0 Å². The molecule has 0 unspecified atom stereocenters. The van der Waals surface area contributed by atoms with E-state index >= 15 is 0 Å². The van der Waals surface area contributed by atoms with Crippen molar-refractivity contribution >= 4 is 17.6 Å². The van der Waals surface area contributed by atoms with E-state index in [2.05, 4.69) is 25.5 Å². The second-order valence-electron chi connectivity index (χ2n) is 6.62. The van der Waals surface area contributed by atoms with E-state index in [1.54, 1.807) is 7.11 Å². The predicted octanol–water partition coefficient (Wildman–Crippen LogP) is 0.455. The summed E-state index contributed by atoms with van der Waals surface area (Å²) in [7, 11) is 3.67. The van der Waals surface area contributed by atoms with Crippen LogP contribution in [-0.2, 0) is 4.74 Å². The van der Waals surface area contributed by atoms with Crippen molar-refractivity contribution < 1.29 is 9.47 Å². The number of fused-ring (bicyclic) bond motifs is 1. The van der Waals surface area contributed by atoms with Gasteiger partial charge in [-0.1, -0.05) is 0 Å². The van der Waals surface area contributed by atoms with Crippen molar-refractivity contribution in [3.8, 4) is 5.75 Å². The summed E-state index contributed by atoms with van der Waals surface area (Å²) in [6, 6.07) is 0.448. The molecule has 3 rings (SSSR count). The van der Waals surface area contributed by atoms with Crippen LogP contribution in [0.3, 0.4) is 0 Å². The van der Waals surface area contributed by atoms with Crippen LogP contribution in [0.4, 0.5) is 17.6 Å². The number of rotatable bonds is 4. The number of methoxy groups -OCH3 is 1. The third kappa shape index (κ3) is 3.00. The molecule has 4 N–H and O–H groups in total. The summed E-state index contributed by atoms with van der Waals surface area (Å²) in [6.07, 6.45) is 1.07. The molecule has 1 aromatic rings. The molecule has 0 spiro atoms. The molecule has 3 heterocycles. The maximum absolute atomic E-state index is 6.01. The minimum atomic E-state index is -0.373. The Balaban J connectivity index is 1.88. The van der Waals surface area contributed by atoms with Gasteiger partial charge in [-0.25, -0.2) is 0 Å². The van der Waals surface area contributed by atoms with Crippen LogP contribution >= 0.6 is 0 Å². The molecule has 23 heavy (non-hydrogen) atoms. The summed E-state index contributed by atoms with van der Waals surface area (Å²) in [6.45, 7) is 6.34. The fourth-order valence-electron chi connectivity index (χ4n) is 2.98. The SMILES string of the molecule is CN[C@@H]1CCN(c2nc(N)nc3c2OC[C@@H](C(C)(C)OC)N3)C1. The summed E-state index contributed by atoms with van der Waals surface area (Å²) >= 11 is 0. The molecule has 0 radical (unpaired) electrons. The molecule has 8 heteroatoms. The molecule has 2 atom stereocenters. The van der Waals surface area contributed by atoms with Crippen molar-refractivity contribution in [1.29, 1.82) is 0 Å². The van der Waals surface area contributed by atoms with Gasteiger partial charge in [-0.2, -0.15) is 9.97 Å². The Bertz CT molecular complexity index is 579. The van der Waals surface area contributed by atoms with Gasteiger partial charge in [0.1, 0.15) is 6.61 Å². The van der Waals surface area contributed by atoms with Crippen LogP contribution in [-0.4, -0.2) is 61.5 Å². The molecule has 0 aromatic carbocycles. The van der Waals surface area contributed by atoms with E-state index < -0.39 is 0 Å². The first-order valence-corrected chi connectivity index (χ1v) is 7.99. The molecular formula is C15H26N6O2. The van der Waals surface area contributed by atoms with Crippen LogP contribution in [0.5, 0.6) is 5.75 Å². The second-order valence-corrected chi connectivity index (χ2v) is 6.62. The maximum Gasteiger partial charge on any atom is 0.224 e. The molecule has 0 saturated carbocycles. The lowest BCUT2D eigenvalue weighted by Crippen LogP contribution is -2.49. The number of hydrogen-bond donors (Lipinski definition) is 3. The van der Waals surface area contributed by atoms with Crippen molar-refractivity contribution in [1.82, 2.24) is 15.3 Å². The fraction of sp³-hybridized carbons (Fsp3) is 0.733. The number of anilines is 3. The third-order valence-corrected chi connectivity index (χ3v) is 4.83. The van der Waals surface area contributed by atoms with Crippen molar-refractivity contribution in [3.63, 3.8) is 0 Å². The zero-order valence-corrected chi connectivity index (χ0v) is 14.2. The normalized spacial score (nSPS) is 24.1. The van der Waals surface area contributed by atoms with Gasteiger partial charge in [0.15, 0.2) is 11.6 Å². The summed E-state index contributed by atoms with van der Waals surface area (Å²) in [5.74, 6) is 2.34. The number of likely N-dealkylation sites (N-methyl/N-ethyl adjacent to an activating group) is 1. The largest absolute Gasteiger partial charge is 0.484 e. The Morgan fingerprint density at radius 2 is 2.22 bits per heavy atom. The Hall–Kier alpha value is -1.80. The number of nitrogen functional groups attached to an aromatic ring is 1. The molecule has 2 aliphatic rings. The molecule has 1 aromatic heterocycles. The first-order chi connectivity index (χ1) is 10.9.